The number of anilines is 1. The Kier molecular flexibility index (Phi) is 26.2. The van der Waals surface area contributed by atoms with Gasteiger partial charge >= 0.3 is 19.6 Å². The molecule has 78 heavy (non-hydrogen) atoms. The minimum Gasteiger partial charge on any atom is -0.467 e. The largest absolute Gasteiger partial charge is 0.467 e. The molecule has 4 atom stereocenters. The van der Waals surface area contributed by atoms with E-state index in [-0.39, 0.29) is 57.7 Å². The van der Waals surface area contributed by atoms with Gasteiger partial charge in [-0.15, -0.1) is 5.10 Å². The monoisotopic (exact) mass is 1150 g/mol. The summed E-state index contributed by atoms with van der Waals surface area (Å²) in [5.41, 5.74) is 1.66. The lowest BCUT2D eigenvalue weighted by molar-refractivity contribution is -0.136. The van der Waals surface area contributed by atoms with Crippen molar-refractivity contribution in [3.8, 4) is 11.8 Å². The average molecular weight is 1150 g/mol. The molecule has 0 aliphatic carbocycles. The molecule has 0 saturated carbocycles. The summed E-state index contributed by atoms with van der Waals surface area (Å²) in [4.78, 5) is 41.1. The molecule has 5 aromatic rings. The molecule has 432 valence electrons. The summed E-state index contributed by atoms with van der Waals surface area (Å²) in [6.45, 7) is 5.22. The van der Waals surface area contributed by atoms with E-state index in [2.05, 4.69) is 30.1 Å². The van der Waals surface area contributed by atoms with Crippen molar-refractivity contribution < 1.29 is 99.4 Å². The molecule has 4 N–H and O–H groups in total. The zero-order chi connectivity index (χ0) is 55.7. The fraction of sp³-hybridized carbons (Fsp3) is 0.574. The number of carbonyl (C=O) groups excluding carboxylic acids is 1. The van der Waals surface area contributed by atoms with Crippen molar-refractivity contribution in [2.75, 3.05) is 131 Å². The van der Waals surface area contributed by atoms with Gasteiger partial charge in [0.05, 0.1) is 150 Å². The molecule has 31 heteroatoms. The number of carbonyl (C=O) groups is 1. The average Bonchev–Trinajstić information content (AvgIpc) is 4.13. The van der Waals surface area contributed by atoms with Gasteiger partial charge in [0.2, 0.25) is 5.75 Å². The molecular weight excluding hydrogens is 1090 g/mol. The highest BCUT2D eigenvalue weighted by atomic mass is 35.5. The Morgan fingerprint density at radius 2 is 1.40 bits per heavy atom. The third kappa shape index (κ3) is 20.6. The second-order valence-corrected chi connectivity index (χ2v) is 18.8. The maximum absolute atomic E-state index is 13.6. The molecule has 1 fully saturated rings. The zero-order valence-corrected chi connectivity index (χ0v) is 44.2. The molecule has 0 amide bonds. The van der Waals surface area contributed by atoms with Crippen LogP contribution in [0, 0.1) is 17.5 Å². The SMILES string of the molecule is COc1nc(N(CCOCCOCCOCCOCc2cn(CCOCCOCCOCCOCCC(=O)Oc3c(F)cc(F)cc3F)nn2)Cc2ccccc2Cl)c2cnn([C@@H]3OC(COCP(=O)(O)O)[C@@H](O)[C@H]3O)c2n1. The van der Waals surface area contributed by atoms with Crippen LogP contribution in [-0.4, -0.2) is 205 Å². The molecule has 1 unspecified atom stereocenters. The molecule has 2 aromatic carbocycles. The van der Waals surface area contributed by atoms with Gasteiger partial charge in [-0.2, -0.15) is 15.1 Å². The first-order chi connectivity index (χ1) is 37.7. The molecule has 6 rings (SSSR count). The van der Waals surface area contributed by atoms with Crippen molar-refractivity contribution in [1.29, 1.82) is 0 Å². The summed E-state index contributed by atoms with van der Waals surface area (Å²) in [7, 11) is -3.08. The van der Waals surface area contributed by atoms with Gasteiger partial charge in [0.1, 0.15) is 42.0 Å². The quantitative estimate of drug-likeness (QED) is 0.0190. The minimum absolute atomic E-state index is 0.0236. The fourth-order valence-corrected chi connectivity index (χ4v) is 7.79. The number of aromatic nitrogens is 7. The third-order valence-corrected chi connectivity index (χ3v) is 11.9. The van der Waals surface area contributed by atoms with Gasteiger partial charge in [-0.1, -0.05) is 35.0 Å². The number of rotatable bonds is 39. The number of hydrogen-bond acceptors (Lipinski definition) is 22. The Morgan fingerprint density at radius 3 is 2.03 bits per heavy atom. The molecule has 0 radical (unpaired) electrons. The van der Waals surface area contributed by atoms with E-state index in [1.54, 1.807) is 16.9 Å². The molecule has 1 saturated heterocycles. The first-order valence-corrected chi connectivity index (χ1v) is 26.7. The highest BCUT2D eigenvalue weighted by Gasteiger charge is 2.45. The summed E-state index contributed by atoms with van der Waals surface area (Å²) >= 11 is 6.58. The maximum Gasteiger partial charge on any atom is 0.350 e. The lowest BCUT2D eigenvalue weighted by atomic mass is 10.1. The molecule has 1 aliphatic rings. The highest BCUT2D eigenvalue weighted by Crippen LogP contribution is 2.37. The maximum atomic E-state index is 13.6. The van der Waals surface area contributed by atoms with Crippen LogP contribution < -0.4 is 14.4 Å². The van der Waals surface area contributed by atoms with Crippen LogP contribution in [0.5, 0.6) is 11.8 Å². The van der Waals surface area contributed by atoms with Crippen LogP contribution in [0.3, 0.4) is 0 Å². The van der Waals surface area contributed by atoms with E-state index < -0.39 is 74.3 Å². The second kappa shape index (κ2) is 32.9. The van der Waals surface area contributed by atoms with Crippen molar-refractivity contribution in [1.82, 2.24) is 34.7 Å². The van der Waals surface area contributed by atoms with Crippen LogP contribution in [0.15, 0.2) is 48.8 Å². The van der Waals surface area contributed by atoms with Gasteiger partial charge in [-0.3, -0.25) is 9.36 Å². The molecule has 26 nitrogen and oxygen atoms in total. The van der Waals surface area contributed by atoms with Crippen LogP contribution >= 0.6 is 19.2 Å². The van der Waals surface area contributed by atoms with E-state index in [1.165, 1.54) is 18.0 Å². The van der Waals surface area contributed by atoms with Crippen molar-refractivity contribution in [2.45, 2.75) is 50.7 Å². The van der Waals surface area contributed by atoms with E-state index in [9.17, 15) is 32.7 Å². The number of esters is 1. The molecule has 0 bridgehead atoms. The topological polar surface area (TPSA) is 303 Å². The van der Waals surface area contributed by atoms with Gasteiger partial charge in [0.25, 0.3) is 0 Å². The van der Waals surface area contributed by atoms with E-state index in [1.807, 2.05) is 23.1 Å². The fourth-order valence-electron chi connectivity index (χ4n) is 7.25. The van der Waals surface area contributed by atoms with Crippen LogP contribution in [0.25, 0.3) is 11.0 Å². The Hall–Kier alpha value is -5.05. The number of fused-ring (bicyclic) bond motifs is 1. The van der Waals surface area contributed by atoms with Crippen LogP contribution in [0.1, 0.15) is 23.9 Å². The third-order valence-electron chi connectivity index (χ3n) is 11.0. The Labute approximate surface area is 450 Å². The smallest absolute Gasteiger partial charge is 0.350 e. The lowest BCUT2D eigenvalue weighted by Crippen LogP contribution is -2.34. The van der Waals surface area contributed by atoms with Crippen LogP contribution in [0.4, 0.5) is 19.0 Å². The molecule has 1 aliphatic heterocycles. The summed E-state index contributed by atoms with van der Waals surface area (Å²) in [5, 5.41) is 35.2. The van der Waals surface area contributed by atoms with Crippen molar-refractivity contribution in [2.24, 2.45) is 0 Å². The Balaban J connectivity index is 0.780. The number of hydrogen-bond donors (Lipinski definition) is 4. The summed E-state index contributed by atoms with van der Waals surface area (Å²) in [6.07, 6.45) is -3.24. The van der Waals surface area contributed by atoms with E-state index in [0.29, 0.717) is 120 Å². The van der Waals surface area contributed by atoms with Crippen molar-refractivity contribution >= 4 is 42.0 Å². The lowest BCUT2D eigenvalue weighted by Gasteiger charge is -2.25. The summed E-state index contributed by atoms with van der Waals surface area (Å²) in [6, 6.07) is 8.14. The number of aliphatic hydroxyl groups excluding tert-OH is 2. The van der Waals surface area contributed by atoms with Gasteiger partial charge in [-0.25, -0.2) is 22.5 Å². The number of methoxy groups -OCH3 is 1. The van der Waals surface area contributed by atoms with Gasteiger partial charge in [0, 0.05) is 30.2 Å². The standard InChI is InChI=1S/C47H63ClF3N8O18P/c1-66-47-53-44(35-26-52-59(45(35)54-47)46-42(62)41(61)39(76-46)30-75-31-78(63,64)65)57(27-32-4-2-3-5-36(32)48)7-10-68-13-16-71-20-21-73-22-23-74-29-34-28-58(56-55-34)8-11-69-14-17-72-19-18-70-15-12-67-9-6-40(60)77-43-37(50)24-33(49)25-38(43)51/h2-5,24-26,28,39,41-42,46,61-62H,6-23,27,29-31H2,1H3,(H2,63,64,65)/t39?,41-,42-,46-/m1/s1. The van der Waals surface area contributed by atoms with Gasteiger partial charge < -0.3 is 81.7 Å². The molecular formula is C47H63ClF3N8O18P. The van der Waals surface area contributed by atoms with Crippen LogP contribution in [0.2, 0.25) is 5.02 Å². The number of nitrogens with zero attached hydrogens (tertiary/aromatic N) is 8. The van der Waals surface area contributed by atoms with Gasteiger partial charge in [0.15, 0.2) is 23.5 Å². The summed E-state index contributed by atoms with van der Waals surface area (Å²) < 4.78 is 120. The van der Waals surface area contributed by atoms with E-state index >= 15 is 0 Å². The Bertz CT molecular complexity index is 2620. The Morgan fingerprint density at radius 1 is 0.795 bits per heavy atom. The van der Waals surface area contributed by atoms with Gasteiger partial charge in [-0.05, 0) is 11.6 Å². The second-order valence-electron chi connectivity index (χ2n) is 16.8. The molecule has 3 aromatic heterocycles. The minimum atomic E-state index is -4.48. The first-order valence-electron chi connectivity index (χ1n) is 24.5. The number of benzene rings is 2. The predicted octanol–water partition coefficient (Wildman–Crippen LogP) is 2.60. The molecule has 4 heterocycles. The van der Waals surface area contributed by atoms with Crippen molar-refractivity contribution in [3.05, 3.63) is 82.5 Å². The first kappa shape index (κ1) is 62.2. The zero-order valence-electron chi connectivity index (χ0n) is 42.5. The van der Waals surface area contributed by atoms with Crippen LogP contribution in [-0.2, 0) is 76.4 Å². The van der Waals surface area contributed by atoms with Crippen molar-refractivity contribution in [3.63, 3.8) is 0 Å². The predicted molar refractivity (Wildman–Crippen MR) is 265 cm³/mol. The number of aliphatic hydroxyl groups is 2. The normalized spacial score (nSPS) is 16.6. The number of halogens is 4. The van der Waals surface area contributed by atoms with E-state index in [4.69, 9.17) is 73.5 Å². The number of ether oxygens (including phenoxy) is 12. The highest BCUT2D eigenvalue weighted by molar-refractivity contribution is 7.51. The van der Waals surface area contributed by atoms with E-state index in [0.717, 1.165) is 5.56 Å². The summed E-state index contributed by atoms with van der Waals surface area (Å²) in [5.74, 6) is -5.25. The molecule has 0 spiro atoms.